The number of methoxy groups -OCH3 is 3. The number of ether oxygens (including phenoxy) is 3. The zero-order valence-corrected chi connectivity index (χ0v) is 16.7. The highest BCUT2D eigenvalue weighted by Gasteiger charge is 2.36. The van der Waals surface area contributed by atoms with Crippen molar-refractivity contribution in [3.05, 3.63) is 46.5 Å². The van der Waals surface area contributed by atoms with Gasteiger partial charge in [0.05, 0.1) is 49.6 Å². The Morgan fingerprint density at radius 1 is 1.10 bits per heavy atom. The first-order valence-electron chi connectivity index (χ1n) is 9.03. The zero-order valence-electron chi connectivity index (χ0n) is 16.7. The standard InChI is InChI=1S/C20H21N3O7/c1-28-14-5-7-16(18(10-14)30-3)22-11-12(8-19(22)24)20(25)21-15-6-4-13(23(26)27)9-17(15)29-2/h4-7,9-10,12H,8,11H2,1-3H3,(H,21,25)/t12-/m0/s1. The van der Waals surface area contributed by atoms with Gasteiger partial charge in [0.2, 0.25) is 11.8 Å². The average molecular weight is 415 g/mol. The fraction of sp³-hybridized carbons (Fsp3) is 0.300. The number of amides is 2. The number of anilines is 2. The van der Waals surface area contributed by atoms with Gasteiger partial charge in [-0.1, -0.05) is 0 Å². The minimum absolute atomic E-state index is 0.0241. The molecule has 0 bridgehead atoms. The normalized spacial score (nSPS) is 15.6. The molecule has 0 aromatic heterocycles. The van der Waals surface area contributed by atoms with Crippen LogP contribution in [0.15, 0.2) is 36.4 Å². The van der Waals surface area contributed by atoms with Crippen LogP contribution in [0.1, 0.15) is 6.42 Å². The highest BCUT2D eigenvalue weighted by atomic mass is 16.6. The lowest BCUT2D eigenvalue weighted by molar-refractivity contribution is -0.384. The largest absolute Gasteiger partial charge is 0.497 e. The second-order valence-corrected chi connectivity index (χ2v) is 6.57. The molecule has 0 saturated carbocycles. The second-order valence-electron chi connectivity index (χ2n) is 6.57. The molecule has 1 fully saturated rings. The van der Waals surface area contributed by atoms with Gasteiger partial charge in [0, 0.05) is 25.1 Å². The van der Waals surface area contributed by atoms with E-state index >= 15 is 0 Å². The van der Waals surface area contributed by atoms with Crippen LogP contribution in [0, 0.1) is 16.0 Å². The number of rotatable bonds is 7. The smallest absolute Gasteiger partial charge is 0.273 e. The maximum Gasteiger partial charge on any atom is 0.273 e. The van der Waals surface area contributed by atoms with Crippen molar-refractivity contribution in [3.63, 3.8) is 0 Å². The van der Waals surface area contributed by atoms with Gasteiger partial charge < -0.3 is 24.4 Å². The molecule has 0 radical (unpaired) electrons. The van der Waals surface area contributed by atoms with Gasteiger partial charge in [-0.3, -0.25) is 19.7 Å². The molecule has 0 unspecified atom stereocenters. The number of hydrogen-bond acceptors (Lipinski definition) is 7. The van der Waals surface area contributed by atoms with Crippen LogP contribution < -0.4 is 24.4 Å². The summed E-state index contributed by atoms with van der Waals surface area (Å²) in [5, 5.41) is 13.6. The van der Waals surface area contributed by atoms with Crippen LogP contribution in [-0.2, 0) is 9.59 Å². The van der Waals surface area contributed by atoms with E-state index in [9.17, 15) is 19.7 Å². The molecule has 158 valence electrons. The Kier molecular flexibility index (Phi) is 6.05. The number of carbonyl (C=O) groups is 2. The topological polar surface area (TPSA) is 120 Å². The molecule has 1 saturated heterocycles. The molecule has 1 heterocycles. The third-order valence-electron chi connectivity index (χ3n) is 4.83. The summed E-state index contributed by atoms with van der Waals surface area (Å²) in [6, 6.07) is 8.97. The number of non-ortho nitro benzene ring substituents is 1. The molecule has 0 spiro atoms. The van der Waals surface area contributed by atoms with Crippen LogP contribution >= 0.6 is 0 Å². The average Bonchev–Trinajstić information content (AvgIpc) is 3.14. The maximum atomic E-state index is 12.7. The summed E-state index contributed by atoms with van der Waals surface area (Å²) in [4.78, 5) is 37.2. The van der Waals surface area contributed by atoms with Crippen molar-refractivity contribution < 1.29 is 28.7 Å². The maximum absolute atomic E-state index is 12.7. The number of nitrogens with zero attached hydrogens (tertiary/aromatic N) is 2. The number of nitro groups is 1. The van der Waals surface area contributed by atoms with Crippen molar-refractivity contribution in [1.29, 1.82) is 0 Å². The van der Waals surface area contributed by atoms with E-state index in [1.54, 1.807) is 18.2 Å². The summed E-state index contributed by atoms with van der Waals surface area (Å²) in [5.74, 6) is 0.00197. The molecule has 30 heavy (non-hydrogen) atoms. The van der Waals surface area contributed by atoms with Gasteiger partial charge in [0.25, 0.3) is 5.69 Å². The van der Waals surface area contributed by atoms with E-state index in [0.717, 1.165) is 0 Å². The van der Waals surface area contributed by atoms with Gasteiger partial charge in [-0.2, -0.15) is 0 Å². The van der Waals surface area contributed by atoms with Crippen LogP contribution in [0.25, 0.3) is 0 Å². The molecule has 1 aliphatic heterocycles. The lowest BCUT2D eigenvalue weighted by atomic mass is 10.1. The lowest BCUT2D eigenvalue weighted by Gasteiger charge is -2.20. The molecular formula is C20H21N3O7. The van der Waals surface area contributed by atoms with Gasteiger partial charge in [0.1, 0.15) is 17.2 Å². The summed E-state index contributed by atoms with van der Waals surface area (Å²) in [6.07, 6.45) is 0.0241. The van der Waals surface area contributed by atoms with Crippen LogP contribution in [0.2, 0.25) is 0 Å². The summed E-state index contributed by atoms with van der Waals surface area (Å²) < 4.78 is 15.7. The number of carbonyl (C=O) groups excluding carboxylic acids is 2. The SMILES string of the molecule is COc1ccc(N2C[C@@H](C(=O)Nc3ccc([N+](=O)[O-])cc3OC)CC2=O)c(OC)c1. The van der Waals surface area contributed by atoms with Crippen LogP contribution in [0.4, 0.5) is 17.1 Å². The Balaban J connectivity index is 1.77. The van der Waals surface area contributed by atoms with Crippen molar-refractivity contribution in [2.24, 2.45) is 5.92 Å². The van der Waals surface area contributed by atoms with E-state index in [1.165, 1.54) is 44.4 Å². The first kappa shape index (κ1) is 20.9. The Labute approximate surface area is 172 Å². The molecule has 0 aliphatic carbocycles. The van der Waals surface area contributed by atoms with Gasteiger partial charge >= 0.3 is 0 Å². The fourth-order valence-electron chi connectivity index (χ4n) is 3.26. The van der Waals surface area contributed by atoms with Gasteiger partial charge in [-0.25, -0.2) is 0 Å². The summed E-state index contributed by atoms with van der Waals surface area (Å²) in [5.41, 5.74) is 0.686. The molecule has 10 heteroatoms. The van der Waals surface area contributed by atoms with Crippen molar-refractivity contribution in [2.75, 3.05) is 38.1 Å². The molecular weight excluding hydrogens is 394 g/mol. The van der Waals surface area contributed by atoms with Crippen molar-refractivity contribution in [2.45, 2.75) is 6.42 Å². The zero-order chi connectivity index (χ0) is 21.8. The second kappa shape index (κ2) is 8.68. The summed E-state index contributed by atoms with van der Waals surface area (Å²) >= 11 is 0. The molecule has 2 aromatic carbocycles. The predicted octanol–water partition coefficient (Wildman–Crippen LogP) is 2.61. The lowest BCUT2D eigenvalue weighted by Crippen LogP contribution is -2.28. The Morgan fingerprint density at radius 2 is 1.83 bits per heavy atom. The van der Waals surface area contributed by atoms with Crippen LogP contribution in [0.3, 0.4) is 0 Å². The number of benzene rings is 2. The number of nitro benzene ring substituents is 1. The van der Waals surface area contributed by atoms with E-state index in [1.807, 2.05) is 0 Å². The first-order valence-corrected chi connectivity index (χ1v) is 9.03. The molecule has 10 nitrogen and oxygen atoms in total. The molecule has 3 rings (SSSR count). The Bertz CT molecular complexity index is 992. The first-order chi connectivity index (χ1) is 14.4. The van der Waals surface area contributed by atoms with Gasteiger partial charge in [-0.15, -0.1) is 0 Å². The highest BCUT2D eigenvalue weighted by Crippen LogP contribution is 2.36. The molecule has 1 N–H and O–H groups in total. The van der Waals surface area contributed by atoms with Crippen molar-refractivity contribution >= 4 is 28.9 Å². The molecule has 2 amide bonds. The minimum atomic E-state index is -0.607. The molecule has 1 aliphatic rings. The van der Waals surface area contributed by atoms with E-state index < -0.39 is 10.8 Å². The van der Waals surface area contributed by atoms with E-state index in [-0.39, 0.29) is 36.2 Å². The summed E-state index contributed by atoms with van der Waals surface area (Å²) in [6.45, 7) is 0.169. The number of hydrogen-bond donors (Lipinski definition) is 1. The number of nitrogens with one attached hydrogen (secondary N) is 1. The van der Waals surface area contributed by atoms with Gasteiger partial charge in [-0.05, 0) is 18.2 Å². The van der Waals surface area contributed by atoms with E-state index in [2.05, 4.69) is 5.32 Å². The fourth-order valence-corrected chi connectivity index (χ4v) is 3.26. The van der Waals surface area contributed by atoms with E-state index in [0.29, 0.717) is 22.9 Å². The predicted molar refractivity (Wildman–Crippen MR) is 108 cm³/mol. The minimum Gasteiger partial charge on any atom is -0.497 e. The third-order valence-corrected chi connectivity index (χ3v) is 4.83. The Hall–Kier alpha value is -3.82. The van der Waals surface area contributed by atoms with Crippen LogP contribution in [0.5, 0.6) is 17.2 Å². The quantitative estimate of drug-likeness (QED) is 0.545. The van der Waals surface area contributed by atoms with Crippen LogP contribution in [-0.4, -0.2) is 44.6 Å². The van der Waals surface area contributed by atoms with E-state index in [4.69, 9.17) is 14.2 Å². The highest BCUT2D eigenvalue weighted by molar-refractivity contribution is 6.04. The third kappa shape index (κ3) is 4.12. The monoisotopic (exact) mass is 415 g/mol. The van der Waals surface area contributed by atoms with Crippen molar-refractivity contribution in [1.82, 2.24) is 0 Å². The molecule has 2 aromatic rings. The van der Waals surface area contributed by atoms with Crippen molar-refractivity contribution in [3.8, 4) is 17.2 Å². The van der Waals surface area contributed by atoms with Gasteiger partial charge in [0.15, 0.2) is 0 Å². The summed E-state index contributed by atoms with van der Waals surface area (Å²) in [7, 11) is 4.37. The Morgan fingerprint density at radius 3 is 2.47 bits per heavy atom. The molecule has 1 atom stereocenters.